The van der Waals surface area contributed by atoms with Gasteiger partial charge in [-0.15, -0.1) is 0 Å². The van der Waals surface area contributed by atoms with E-state index in [0.717, 1.165) is 5.56 Å². The number of rotatable bonds is 5. The van der Waals surface area contributed by atoms with Crippen molar-refractivity contribution in [2.45, 2.75) is 20.4 Å². The average Bonchev–Trinajstić information content (AvgIpc) is 2.43. The van der Waals surface area contributed by atoms with Gasteiger partial charge in [-0.3, -0.25) is 0 Å². The lowest BCUT2D eigenvalue weighted by atomic mass is 10.1. The van der Waals surface area contributed by atoms with Crippen molar-refractivity contribution in [2.75, 3.05) is 11.9 Å². The molecule has 0 aliphatic carbocycles. The lowest BCUT2D eigenvalue weighted by Crippen LogP contribution is -2.02. The summed E-state index contributed by atoms with van der Waals surface area (Å²) < 4.78 is 18.5. The molecule has 2 N–H and O–H groups in total. The Morgan fingerprint density at radius 3 is 2.80 bits per heavy atom. The molecular formula is C16H18FNO2. The molecule has 0 saturated carbocycles. The lowest BCUT2D eigenvalue weighted by Gasteiger charge is -2.13. The molecule has 0 aliphatic rings. The van der Waals surface area contributed by atoms with Crippen LogP contribution in [0.15, 0.2) is 36.4 Å². The van der Waals surface area contributed by atoms with Gasteiger partial charge in [0.05, 0.1) is 6.61 Å². The zero-order valence-electron chi connectivity index (χ0n) is 11.6. The van der Waals surface area contributed by atoms with Crippen LogP contribution in [-0.2, 0) is 6.54 Å². The summed E-state index contributed by atoms with van der Waals surface area (Å²) in [6, 6.07) is 9.93. The summed E-state index contributed by atoms with van der Waals surface area (Å²) in [7, 11) is 0. The van der Waals surface area contributed by atoms with E-state index in [1.54, 1.807) is 18.2 Å². The molecule has 106 valence electrons. The van der Waals surface area contributed by atoms with Crippen LogP contribution in [0.3, 0.4) is 0 Å². The highest BCUT2D eigenvalue weighted by Gasteiger charge is 2.08. The maximum absolute atomic E-state index is 13.2. The number of hydrogen-bond donors (Lipinski definition) is 2. The standard InChI is InChI=1S/C16H18FNO2/c1-3-20-15-6-4-5-12(16(15)19)10-18-14-9-13(17)8-7-11(14)2/h4-9,18-19H,3,10H2,1-2H3. The fourth-order valence-electron chi connectivity index (χ4n) is 1.96. The van der Waals surface area contributed by atoms with Crippen LogP contribution in [0.1, 0.15) is 18.1 Å². The first-order chi connectivity index (χ1) is 9.61. The van der Waals surface area contributed by atoms with Crippen molar-refractivity contribution >= 4 is 5.69 Å². The third-order valence-electron chi connectivity index (χ3n) is 3.05. The molecule has 2 rings (SSSR count). The Bertz CT molecular complexity index is 599. The number of phenols is 1. The molecule has 0 unspecified atom stereocenters. The summed E-state index contributed by atoms with van der Waals surface area (Å²) in [6.07, 6.45) is 0. The zero-order valence-corrected chi connectivity index (χ0v) is 11.6. The molecule has 0 saturated heterocycles. The van der Waals surface area contributed by atoms with E-state index in [1.165, 1.54) is 12.1 Å². The van der Waals surface area contributed by atoms with Crippen molar-refractivity contribution in [1.82, 2.24) is 0 Å². The predicted octanol–water partition coefficient (Wildman–Crippen LogP) is 3.85. The second kappa shape index (κ2) is 6.28. The first-order valence-electron chi connectivity index (χ1n) is 6.55. The third-order valence-corrected chi connectivity index (χ3v) is 3.05. The van der Waals surface area contributed by atoms with Crippen molar-refractivity contribution < 1.29 is 14.2 Å². The molecule has 0 heterocycles. The Morgan fingerprint density at radius 2 is 2.05 bits per heavy atom. The van der Waals surface area contributed by atoms with Gasteiger partial charge in [-0.1, -0.05) is 18.2 Å². The molecule has 0 amide bonds. The monoisotopic (exact) mass is 275 g/mol. The smallest absolute Gasteiger partial charge is 0.162 e. The molecular weight excluding hydrogens is 257 g/mol. The number of phenolic OH excluding ortho intramolecular Hbond substituents is 1. The van der Waals surface area contributed by atoms with Crippen LogP contribution < -0.4 is 10.1 Å². The lowest BCUT2D eigenvalue weighted by molar-refractivity contribution is 0.317. The summed E-state index contributed by atoms with van der Waals surface area (Å²) >= 11 is 0. The normalized spacial score (nSPS) is 10.3. The molecule has 0 bridgehead atoms. The number of para-hydroxylation sites is 1. The Morgan fingerprint density at radius 1 is 1.25 bits per heavy atom. The third kappa shape index (κ3) is 3.20. The molecule has 0 aliphatic heterocycles. The van der Waals surface area contributed by atoms with E-state index in [4.69, 9.17) is 4.74 Å². The maximum Gasteiger partial charge on any atom is 0.162 e. The number of nitrogens with one attached hydrogen (secondary N) is 1. The molecule has 4 heteroatoms. The minimum atomic E-state index is -0.287. The maximum atomic E-state index is 13.2. The number of anilines is 1. The van der Waals surface area contributed by atoms with Crippen molar-refractivity contribution in [1.29, 1.82) is 0 Å². The molecule has 20 heavy (non-hydrogen) atoms. The van der Waals surface area contributed by atoms with Gasteiger partial charge in [-0.05, 0) is 37.6 Å². The number of halogens is 1. The highest BCUT2D eigenvalue weighted by atomic mass is 19.1. The summed E-state index contributed by atoms with van der Waals surface area (Å²) in [5.41, 5.74) is 2.37. The zero-order chi connectivity index (χ0) is 14.5. The number of aryl methyl sites for hydroxylation is 1. The summed E-state index contributed by atoms with van der Waals surface area (Å²) in [6.45, 7) is 4.66. The number of hydrogen-bond acceptors (Lipinski definition) is 3. The van der Waals surface area contributed by atoms with Crippen molar-refractivity contribution in [3.8, 4) is 11.5 Å². The average molecular weight is 275 g/mol. The first kappa shape index (κ1) is 14.2. The number of benzene rings is 2. The largest absolute Gasteiger partial charge is 0.504 e. The van der Waals surface area contributed by atoms with E-state index >= 15 is 0 Å². The Labute approximate surface area is 118 Å². The van der Waals surface area contributed by atoms with Gasteiger partial charge in [0.2, 0.25) is 0 Å². The van der Waals surface area contributed by atoms with Gasteiger partial charge < -0.3 is 15.2 Å². The second-order valence-electron chi connectivity index (χ2n) is 4.51. The van der Waals surface area contributed by atoms with Crippen LogP contribution >= 0.6 is 0 Å². The summed E-state index contributed by atoms with van der Waals surface area (Å²) in [5, 5.41) is 13.2. The van der Waals surface area contributed by atoms with Gasteiger partial charge >= 0.3 is 0 Å². The van der Waals surface area contributed by atoms with Crippen molar-refractivity contribution in [2.24, 2.45) is 0 Å². The SMILES string of the molecule is CCOc1cccc(CNc2cc(F)ccc2C)c1O. The Kier molecular flexibility index (Phi) is 4.45. The predicted molar refractivity (Wildman–Crippen MR) is 77.7 cm³/mol. The molecule has 0 atom stereocenters. The summed E-state index contributed by atoms with van der Waals surface area (Å²) in [5.74, 6) is 0.295. The van der Waals surface area contributed by atoms with E-state index in [9.17, 15) is 9.50 Å². The van der Waals surface area contributed by atoms with Crippen LogP contribution in [0.4, 0.5) is 10.1 Å². The topological polar surface area (TPSA) is 41.5 Å². The van der Waals surface area contributed by atoms with Crippen LogP contribution in [0.2, 0.25) is 0 Å². The number of ether oxygens (including phenoxy) is 1. The minimum Gasteiger partial charge on any atom is -0.504 e. The molecule has 0 spiro atoms. The van der Waals surface area contributed by atoms with E-state index < -0.39 is 0 Å². The van der Waals surface area contributed by atoms with E-state index in [2.05, 4.69) is 5.32 Å². The molecule has 2 aromatic rings. The van der Waals surface area contributed by atoms with Crippen molar-refractivity contribution in [3.63, 3.8) is 0 Å². The van der Waals surface area contributed by atoms with Crippen LogP contribution in [0.25, 0.3) is 0 Å². The molecule has 0 aromatic heterocycles. The Balaban J connectivity index is 2.14. The van der Waals surface area contributed by atoms with E-state index in [-0.39, 0.29) is 11.6 Å². The van der Waals surface area contributed by atoms with Gasteiger partial charge in [0.1, 0.15) is 5.82 Å². The molecule has 0 radical (unpaired) electrons. The van der Waals surface area contributed by atoms with Gasteiger partial charge in [0, 0.05) is 17.8 Å². The van der Waals surface area contributed by atoms with Gasteiger partial charge in [-0.2, -0.15) is 0 Å². The van der Waals surface area contributed by atoms with Crippen LogP contribution in [0, 0.1) is 12.7 Å². The highest BCUT2D eigenvalue weighted by Crippen LogP contribution is 2.30. The fraction of sp³-hybridized carbons (Fsp3) is 0.250. The van der Waals surface area contributed by atoms with Gasteiger partial charge in [0.25, 0.3) is 0 Å². The number of aromatic hydroxyl groups is 1. The molecule has 3 nitrogen and oxygen atoms in total. The first-order valence-corrected chi connectivity index (χ1v) is 6.55. The minimum absolute atomic E-state index is 0.121. The van der Waals surface area contributed by atoms with Gasteiger partial charge in [-0.25, -0.2) is 4.39 Å². The summed E-state index contributed by atoms with van der Waals surface area (Å²) in [4.78, 5) is 0. The fourth-order valence-corrected chi connectivity index (χ4v) is 1.96. The quantitative estimate of drug-likeness (QED) is 0.871. The Hall–Kier alpha value is -2.23. The second-order valence-corrected chi connectivity index (χ2v) is 4.51. The van der Waals surface area contributed by atoms with E-state index in [1.807, 2.05) is 19.9 Å². The van der Waals surface area contributed by atoms with Gasteiger partial charge in [0.15, 0.2) is 11.5 Å². The highest BCUT2D eigenvalue weighted by molar-refractivity contribution is 5.53. The van der Waals surface area contributed by atoms with E-state index in [0.29, 0.717) is 30.2 Å². The van der Waals surface area contributed by atoms with Crippen LogP contribution in [-0.4, -0.2) is 11.7 Å². The molecule has 2 aromatic carbocycles. The van der Waals surface area contributed by atoms with Crippen LogP contribution in [0.5, 0.6) is 11.5 Å². The molecule has 0 fully saturated rings. The van der Waals surface area contributed by atoms with Crippen molar-refractivity contribution in [3.05, 3.63) is 53.3 Å².